The lowest BCUT2D eigenvalue weighted by Crippen LogP contribution is -2.51. The second-order valence-corrected chi connectivity index (χ2v) is 11.3. The van der Waals surface area contributed by atoms with Gasteiger partial charge < -0.3 is 15.5 Å². The summed E-state index contributed by atoms with van der Waals surface area (Å²) in [7, 11) is -2.94. The van der Waals surface area contributed by atoms with E-state index in [2.05, 4.69) is 4.99 Å². The molecule has 0 radical (unpaired) electrons. The molecule has 2 fully saturated rings. The SMILES string of the molecule is CC(=O)N1c2ccc(C(C=NC3CCS(=O)(=O)CC3)=CN)cc2N(C(=O)C2CC2)C[C@@H]1C. The van der Waals surface area contributed by atoms with Gasteiger partial charge in [-0.25, -0.2) is 8.42 Å². The Hall–Kier alpha value is -2.68. The van der Waals surface area contributed by atoms with Crippen molar-refractivity contribution in [1.29, 1.82) is 0 Å². The third-order valence-electron chi connectivity index (χ3n) is 6.41. The fraction of sp³-hybridized carbons (Fsp3) is 0.522. The van der Waals surface area contributed by atoms with E-state index >= 15 is 0 Å². The number of aliphatic imine (C=N–C) groups is 1. The highest BCUT2D eigenvalue weighted by Gasteiger charge is 2.39. The van der Waals surface area contributed by atoms with E-state index in [-0.39, 0.29) is 41.3 Å². The number of nitrogens with two attached hydrogens (primary N) is 1. The second kappa shape index (κ2) is 8.69. The third-order valence-corrected chi connectivity index (χ3v) is 8.12. The van der Waals surface area contributed by atoms with Gasteiger partial charge in [-0.1, -0.05) is 6.07 Å². The zero-order chi connectivity index (χ0) is 23.0. The first-order valence-corrected chi connectivity index (χ1v) is 12.9. The number of hydrogen-bond donors (Lipinski definition) is 1. The number of carbonyl (C=O) groups excluding carboxylic acids is 2. The molecule has 2 amide bonds. The Morgan fingerprint density at radius 2 is 1.81 bits per heavy atom. The molecule has 2 N–H and O–H groups in total. The average Bonchev–Trinajstić information content (AvgIpc) is 3.59. The van der Waals surface area contributed by atoms with Crippen LogP contribution in [0, 0.1) is 5.92 Å². The summed E-state index contributed by atoms with van der Waals surface area (Å²) < 4.78 is 23.3. The third kappa shape index (κ3) is 4.57. The predicted molar refractivity (Wildman–Crippen MR) is 126 cm³/mol. The van der Waals surface area contributed by atoms with E-state index in [9.17, 15) is 18.0 Å². The van der Waals surface area contributed by atoms with Crippen molar-refractivity contribution in [1.82, 2.24) is 0 Å². The van der Waals surface area contributed by atoms with Crippen molar-refractivity contribution < 1.29 is 18.0 Å². The maximum Gasteiger partial charge on any atom is 0.230 e. The summed E-state index contributed by atoms with van der Waals surface area (Å²) in [6.45, 7) is 3.94. The van der Waals surface area contributed by atoms with Crippen molar-refractivity contribution in [2.75, 3.05) is 27.9 Å². The molecule has 32 heavy (non-hydrogen) atoms. The van der Waals surface area contributed by atoms with Gasteiger partial charge in [-0.2, -0.15) is 0 Å². The Morgan fingerprint density at radius 1 is 1.12 bits per heavy atom. The van der Waals surface area contributed by atoms with E-state index in [0.717, 1.165) is 24.1 Å². The number of nitrogens with zero attached hydrogens (tertiary/aromatic N) is 3. The van der Waals surface area contributed by atoms with Gasteiger partial charge in [0.1, 0.15) is 9.84 Å². The van der Waals surface area contributed by atoms with Gasteiger partial charge in [0.05, 0.1) is 35.0 Å². The molecule has 1 aromatic rings. The monoisotopic (exact) mass is 458 g/mol. The van der Waals surface area contributed by atoms with Gasteiger partial charge in [0.15, 0.2) is 0 Å². The average molecular weight is 459 g/mol. The van der Waals surface area contributed by atoms with Crippen LogP contribution in [0.2, 0.25) is 0 Å². The minimum Gasteiger partial charge on any atom is -0.404 e. The van der Waals surface area contributed by atoms with Crippen LogP contribution >= 0.6 is 0 Å². The first-order chi connectivity index (χ1) is 15.2. The molecule has 1 saturated carbocycles. The number of rotatable bonds is 4. The molecule has 3 aliphatic rings. The molecule has 1 aliphatic carbocycles. The Bertz CT molecular complexity index is 1080. The molecule has 0 bridgehead atoms. The van der Waals surface area contributed by atoms with Crippen LogP contribution in [0.5, 0.6) is 0 Å². The Kier molecular flexibility index (Phi) is 6.11. The van der Waals surface area contributed by atoms with E-state index < -0.39 is 9.84 Å². The quantitative estimate of drug-likeness (QED) is 0.695. The topological polar surface area (TPSA) is 113 Å². The van der Waals surface area contributed by atoms with Gasteiger partial charge in [0, 0.05) is 37.4 Å². The van der Waals surface area contributed by atoms with Crippen molar-refractivity contribution in [2.24, 2.45) is 16.6 Å². The summed E-state index contributed by atoms with van der Waals surface area (Å²) in [5, 5.41) is 0. The molecule has 2 heterocycles. The van der Waals surface area contributed by atoms with Crippen molar-refractivity contribution >= 4 is 44.8 Å². The summed E-state index contributed by atoms with van der Waals surface area (Å²) in [6, 6.07) is 5.48. The molecule has 8 nitrogen and oxygen atoms in total. The fourth-order valence-electron chi connectivity index (χ4n) is 4.47. The summed E-state index contributed by atoms with van der Waals surface area (Å²) in [6.07, 6.45) is 5.99. The Morgan fingerprint density at radius 3 is 2.41 bits per heavy atom. The second-order valence-electron chi connectivity index (χ2n) is 8.95. The largest absolute Gasteiger partial charge is 0.404 e. The number of allylic oxidation sites excluding steroid dienone is 1. The number of carbonyl (C=O) groups is 2. The van der Waals surface area contributed by atoms with E-state index in [1.54, 1.807) is 16.0 Å². The maximum atomic E-state index is 13.0. The van der Waals surface area contributed by atoms with Gasteiger partial charge in [-0.15, -0.1) is 0 Å². The standard InChI is InChI=1S/C23H30N4O4S/c1-15-14-26(23(29)17-3-4-17)22-11-18(5-6-21(22)27(15)16(2)28)19(12-24)13-25-20-7-9-32(30,31)10-8-20/h5-6,11-13,15,17,20H,3-4,7-10,14,24H2,1-2H3/t15-/m0/s1. The molecule has 1 saturated heterocycles. The highest BCUT2D eigenvalue weighted by atomic mass is 32.2. The number of anilines is 2. The van der Waals surface area contributed by atoms with E-state index in [0.29, 0.717) is 30.6 Å². The molecule has 1 aromatic carbocycles. The highest BCUT2D eigenvalue weighted by molar-refractivity contribution is 7.91. The lowest BCUT2D eigenvalue weighted by atomic mass is 10.0. The first-order valence-electron chi connectivity index (χ1n) is 11.1. The molecule has 2 aliphatic heterocycles. The van der Waals surface area contributed by atoms with Gasteiger partial charge in [-0.05, 0) is 50.3 Å². The predicted octanol–water partition coefficient (Wildman–Crippen LogP) is 2.13. The summed E-state index contributed by atoms with van der Waals surface area (Å²) in [4.78, 5) is 33.4. The van der Waals surface area contributed by atoms with Crippen LogP contribution in [-0.4, -0.2) is 56.6 Å². The molecular formula is C23H30N4O4S. The summed E-state index contributed by atoms with van der Waals surface area (Å²) >= 11 is 0. The zero-order valence-electron chi connectivity index (χ0n) is 18.5. The van der Waals surface area contributed by atoms with Gasteiger partial charge in [0.2, 0.25) is 11.8 Å². The molecule has 4 rings (SSSR count). The highest BCUT2D eigenvalue weighted by Crippen LogP contribution is 2.41. The number of sulfone groups is 1. The van der Waals surface area contributed by atoms with Crippen LogP contribution in [0.25, 0.3) is 5.57 Å². The van der Waals surface area contributed by atoms with Crippen LogP contribution in [0.3, 0.4) is 0 Å². The Balaban J connectivity index is 1.64. The fourth-order valence-corrected chi connectivity index (χ4v) is 5.94. The van der Waals surface area contributed by atoms with Gasteiger partial charge in [-0.3, -0.25) is 14.6 Å². The van der Waals surface area contributed by atoms with Crippen LogP contribution < -0.4 is 15.5 Å². The molecule has 172 valence electrons. The molecule has 0 unspecified atom stereocenters. The summed E-state index contributed by atoms with van der Waals surface area (Å²) in [5.41, 5.74) is 8.81. The number of fused-ring (bicyclic) bond motifs is 1. The summed E-state index contributed by atoms with van der Waals surface area (Å²) in [5.74, 6) is 0.429. The van der Waals surface area contributed by atoms with E-state index in [4.69, 9.17) is 5.73 Å². The smallest absolute Gasteiger partial charge is 0.230 e. The number of amides is 2. The molecule has 0 spiro atoms. The maximum absolute atomic E-state index is 13.0. The molecule has 0 aromatic heterocycles. The lowest BCUT2D eigenvalue weighted by Gasteiger charge is -2.41. The molecule has 1 atom stereocenters. The minimum atomic E-state index is -2.94. The van der Waals surface area contributed by atoms with Crippen molar-refractivity contribution in [3.63, 3.8) is 0 Å². The molecular weight excluding hydrogens is 428 g/mol. The molecule has 9 heteroatoms. The van der Waals surface area contributed by atoms with Crippen LogP contribution in [0.15, 0.2) is 29.4 Å². The van der Waals surface area contributed by atoms with Crippen molar-refractivity contribution in [3.8, 4) is 0 Å². The zero-order valence-corrected chi connectivity index (χ0v) is 19.3. The van der Waals surface area contributed by atoms with Gasteiger partial charge in [0.25, 0.3) is 0 Å². The lowest BCUT2D eigenvalue weighted by molar-refractivity contribution is -0.120. The van der Waals surface area contributed by atoms with Crippen LogP contribution in [0.4, 0.5) is 11.4 Å². The van der Waals surface area contributed by atoms with Crippen molar-refractivity contribution in [3.05, 3.63) is 30.0 Å². The number of benzene rings is 1. The van der Waals surface area contributed by atoms with Gasteiger partial charge >= 0.3 is 0 Å². The minimum absolute atomic E-state index is 0.0481. The first kappa shape index (κ1) is 22.5. The van der Waals surface area contributed by atoms with E-state index in [1.807, 2.05) is 25.1 Å². The van der Waals surface area contributed by atoms with Crippen LogP contribution in [-0.2, 0) is 19.4 Å². The normalized spacial score (nSPS) is 23.9. The Labute approximate surface area is 189 Å². The number of hydrogen-bond acceptors (Lipinski definition) is 6. The van der Waals surface area contributed by atoms with Crippen molar-refractivity contribution in [2.45, 2.75) is 51.6 Å². The van der Waals surface area contributed by atoms with Crippen LogP contribution in [0.1, 0.15) is 45.1 Å². The van der Waals surface area contributed by atoms with E-state index in [1.165, 1.54) is 13.1 Å².